The maximum Gasteiger partial charge on any atom is 0.248 e. The zero-order valence-corrected chi connectivity index (χ0v) is 56.6. The molecule has 87 heavy (non-hydrogen) atoms. The van der Waals surface area contributed by atoms with E-state index in [0.29, 0.717) is 39.3 Å². The van der Waals surface area contributed by atoms with Gasteiger partial charge in [0.05, 0.1) is 0 Å². The van der Waals surface area contributed by atoms with Gasteiger partial charge in [-0.3, -0.25) is 9.63 Å². The second-order valence-corrected chi connectivity index (χ2v) is 38.4. The predicted octanol–water partition coefficient (Wildman–Crippen LogP) is 15.9. The number of hydrogen-bond acceptors (Lipinski definition) is 8. The molecule has 488 valence electrons. The lowest BCUT2D eigenvalue weighted by Crippen LogP contribution is -2.62. The lowest BCUT2D eigenvalue weighted by molar-refractivity contribution is -0.154. The molecule has 9 nitrogen and oxygen atoms in total. The second-order valence-electron chi connectivity index (χ2n) is 38.4. The normalized spacial score (nSPS) is 51.0. The van der Waals surface area contributed by atoms with E-state index in [1.807, 2.05) is 0 Å². The molecule has 24 fully saturated rings. The van der Waals surface area contributed by atoms with E-state index in [4.69, 9.17) is 27.8 Å². The molecule has 10 N–H and O–H groups in total. The van der Waals surface area contributed by atoms with Gasteiger partial charge in [0, 0.05) is 54.5 Å². The monoisotopic (exact) mass is 1200 g/mol. The van der Waals surface area contributed by atoms with Crippen LogP contribution in [0, 0.1) is 129 Å². The molecule has 24 saturated carbocycles. The number of benzene rings is 1. The van der Waals surface area contributed by atoms with E-state index >= 15 is 0 Å². The Bertz CT molecular complexity index is 2330. The first-order valence-electron chi connectivity index (χ1n) is 37.9. The molecular formula is C78H129N7O2. The Balaban J connectivity index is 0.0000000927. The average molecular weight is 1200 g/mol. The number of rotatable bonds is 9. The summed E-state index contributed by atoms with van der Waals surface area (Å²) < 4.78 is 0. The summed E-state index contributed by atoms with van der Waals surface area (Å²) in [7, 11) is 3.61. The van der Waals surface area contributed by atoms with Crippen LogP contribution in [0.5, 0.6) is 0 Å². The summed E-state index contributed by atoms with van der Waals surface area (Å²) in [6.45, 7) is 11.8. The molecule has 25 rings (SSSR count). The first-order valence-corrected chi connectivity index (χ1v) is 37.9. The van der Waals surface area contributed by atoms with Crippen molar-refractivity contribution < 1.29 is 9.63 Å². The number of amides is 1. The fraction of sp³-hybridized carbons (Fsp3) is 0.910. The zero-order valence-electron chi connectivity index (χ0n) is 56.6. The topological polar surface area (TPSA) is 158 Å². The Hall–Kier alpha value is -1.75. The molecular weight excluding hydrogens is 1070 g/mol. The van der Waals surface area contributed by atoms with Gasteiger partial charge in [0.2, 0.25) is 5.91 Å². The van der Waals surface area contributed by atoms with E-state index in [1.54, 1.807) is 25.6 Å². The van der Waals surface area contributed by atoms with Crippen LogP contribution in [-0.4, -0.2) is 66.4 Å². The van der Waals surface area contributed by atoms with Crippen molar-refractivity contribution in [1.29, 1.82) is 0 Å². The highest BCUT2D eigenvalue weighted by molar-refractivity contribution is 5.78. The fourth-order valence-corrected chi connectivity index (χ4v) is 29.3. The smallest absolute Gasteiger partial charge is 0.248 e. The van der Waals surface area contributed by atoms with E-state index in [9.17, 15) is 4.79 Å². The van der Waals surface area contributed by atoms with Crippen LogP contribution in [0.4, 0.5) is 5.69 Å². The number of carbonyl (C=O) groups is 1. The Kier molecular flexibility index (Phi) is 17.2. The first kappa shape index (κ1) is 62.7. The van der Waals surface area contributed by atoms with Crippen LogP contribution in [-0.2, 0) is 9.63 Å². The molecule has 9 heteroatoms. The summed E-state index contributed by atoms with van der Waals surface area (Å²) in [5.74, 6) is 17.1. The molecule has 1 amide bonds. The summed E-state index contributed by atoms with van der Waals surface area (Å²) in [6.07, 6.45) is 51.4. The van der Waals surface area contributed by atoms with Crippen molar-refractivity contribution in [3.63, 3.8) is 0 Å². The number of nitrogens with one attached hydrogen (secondary N) is 2. The van der Waals surface area contributed by atoms with Crippen LogP contribution in [0.2, 0.25) is 0 Å². The molecule has 4 unspecified atom stereocenters. The quantitative estimate of drug-likeness (QED) is 0.133. The Labute approximate surface area is 530 Å². The molecule has 24 bridgehead atoms. The fourth-order valence-electron chi connectivity index (χ4n) is 29.3. The Morgan fingerprint density at radius 2 is 0.874 bits per heavy atom. The molecule has 0 aliphatic heterocycles. The summed E-state index contributed by atoms with van der Waals surface area (Å²) in [5, 5.41) is 8.72. The van der Waals surface area contributed by atoms with Crippen LogP contribution < -0.4 is 33.6 Å². The van der Waals surface area contributed by atoms with Gasteiger partial charge in [-0.1, -0.05) is 38.5 Å². The van der Waals surface area contributed by atoms with Gasteiger partial charge < -0.3 is 33.6 Å². The van der Waals surface area contributed by atoms with Crippen LogP contribution in [0.15, 0.2) is 24.3 Å². The highest BCUT2D eigenvalue weighted by Crippen LogP contribution is 2.67. The van der Waals surface area contributed by atoms with Gasteiger partial charge in [-0.25, -0.2) is 0 Å². The SMILES string of the molecule is CC(N)C12CC3CC(CC(C3)C1)C2.CC12CC3CC(C)(C1)CC(N)(C3)C2.CCC(N)C12CC3CC(CC(C3)C1)C2.CN(C)OCC(=O)NC12CC3CC(CC(C3)C1)C2.Cc1ccc(NC2C3CC4CC(C3)CC2C4)cc1.NC12CC3CC(CC(C3)C1)C2. The van der Waals surface area contributed by atoms with Crippen LogP contribution >= 0.6 is 0 Å². The number of nitrogens with two attached hydrogens (primary N) is 4. The molecule has 24 aliphatic carbocycles. The lowest BCUT2D eigenvalue weighted by atomic mass is 9.43. The van der Waals surface area contributed by atoms with Gasteiger partial charge in [-0.15, -0.1) is 0 Å². The third-order valence-electron chi connectivity index (χ3n) is 29.6. The van der Waals surface area contributed by atoms with E-state index in [1.165, 1.54) is 236 Å². The summed E-state index contributed by atoms with van der Waals surface area (Å²) in [6, 6.07) is 10.6. The van der Waals surface area contributed by atoms with Gasteiger partial charge in [0.25, 0.3) is 0 Å². The predicted molar refractivity (Wildman–Crippen MR) is 357 cm³/mol. The number of carbonyl (C=O) groups excluding carboxylic acids is 1. The van der Waals surface area contributed by atoms with Crippen LogP contribution in [0.25, 0.3) is 0 Å². The van der Waals surface area contributed by atoms with Gasteiger partial charge >= 0.3 is 0 Å². The van der Waals surface area contributed by atoms with Crippen molar-refractivity contribution in [2.45, 2.75) is 301 Å². The van der Waals surface area contributed by atoms with Gasteiger partial charge in [-0.05, 0) is 379 Å². The number of aryl methyl sites for hydroxylation is 1. The molecule has 0 spiro atoms. The van der Waals surface area contributed by atoms with Crippen LogP contribution in [0.1, 0.15) is 264 Å². The molecule has 0 radical (unpaired) electrons. The first-order chi connectivity index (χ1) is 41.4. The van der Waals surface area contributed by atoms with E-state index in [-0.39, 0.29) is 23.6 Å². The van der Waals surface area contributed by atoms with E-state index in [2.05, 4.69) is 69.5 Å². The maximum atomic E-state index is 12.0. The van der Waals surface area contributed by atoms with Gasteiger partial charge in [0.1, 0.15) is 6.61 Å². The Morgan fingerprint density at radius 1 is 0.506 bits per heavy atom. The average Bonchev–Trinajstić information content (AvgIpc) is 0.800. The largest absolute Gasteiger partial charge is 0.382 e. The molecule has 4 atom stereocenters. The molecule has 1 aromatic rings. The lowest BCUT2D eigenvalue weighted by Gasteiger charge is -2.64. The minimum Gasteiger partial charge on any atom is -0.382 e. The van der Waals surface area contributed by atoms with Crippen molar-refractivity contribution in [2.24, 2.45) is 145 Å². The third-order valence-corrected chi connectivity index (χ3v) is 29.6. The van der Waals surface area contributed by atoms with Crippen molar-refractivity contribution in [3.8, 4) is 0 Å². The van der Waals surface area contributed by atoms with Crippen LogP contribution in [0.3, 0.4) is 0 Å². The highest BCUT2D eigenvalue weighted by Gasteiger charge is 2.60. The van der Waals surface area contributed by atoms with Crippen molar-refractivity contribution in [3.05, 3.63) is 29.8 Å². The van der Waals surface area contributed by atoms with Gasteiger partial charge in [-0.2, -0.15) is 5.06 Å². The molecule has 0 aromatic heterocycles. The Morgan fingerprint density at radius 3 is 1.23 bits per heavy atom. The zero-order chi connectivity index (χ0) is 60.5. The maximum absolute atomic E-state index is 12.0. The minimum absolute atomic E-state index is 0.0469. The van der Waals surface area contributed by atoms with E-state index < -0.39 is 0 Å². The standard InChI is InChI=1S/C17H23N.C14H24N2O2.C13H23N.2C12H21N.C10H17N/c1-11-2-4-16(5-3-11)18-17-14-7-12-6-13(9-14)10-15(17)8-12;1-16(2)18-9-13(17)15-14-6-10-3-11(7-14)5-12(4-10)8-14;1-2-12(14)13-6-9-3-10(7-13)5-11(4-9)8-13;1-10-3-9-4-11(2,6-10)8-12(13,5-9)7-10;1-8(13)12-5-9-2-10(6-12)4-11(3-9)7-12;11-10-4-7-1-8(5-10)3-9(2-7)6-10/h2-5,12-15,17-18H,6-10H2,1H3;10-12H,3-9H2,1-2H3,(H,15,17);9-12H,2-8,14H2,1H3;9H,3-8,13H2,1-2H3;8-11H,2-7,13H2,1H3;7-9H,1-6,11H2. The number of hydroxylamine groups is 2. The number of nitrogens with zero attached hydrogens (tertiary/aromatic N) is 1. The second kappa shape index (κ2) is 23.9. The van der Waals surface area contributed by atoms with Crippen molar-refractivity contribution >= 4 is 11.6 Å². The third kappa shape index (κ3) is 13.5. The van der Waals surface area contributed by atoms with Gasteiger partial charge in [0.15, 0.2) is 0 Å². The summed E-state index contributed by atoms with van der Waals surface area (Å²) >= 11 is 0. The van der Waals surface area contributed by atoms with Crippen molar-refractivity contribution in [1.82, 2.24) is 10.4 Å². The number of anilines is 1. The van der Waals surface area contributed by atoms with Crippen molar-refractivity contribution in [2.75, 3.05) is 26.0 Å². The molecule has 1 aromatic carbocycles. The minimum atomic E-state index is 0.0469. The summed E-state index contributed by atoms with van der Waals surface area (Å²) in [5.41, 5.74) is 31.1. The number of hydrogen-bond donors (Lipinski definition) is 6. The summed E-state index contributed by atoms with van der Waals surface area (Å²) in [4.78, 5) is 17.2. The highest BCUT2D eigenvalue weighted by atomic mass is 16.7. The molecule has 0 saturated heterocycles. The molecule has 0 heterocycles. The molecule has 24 aliphatic rings. The van der Waals surface area contributed by atoms with E-state index in [0.717, 1.165) is 107 Å².